The van der Waals surface area contributed by atoms with Crippen LogP contribution in [0.5, 0.6) is 5.75 Å². The van der Waals surface area contributed by atoms with Crippen LogP contribution in [0.4, 0.5) is 10.1 Å². The first-order valence-corrected chi connectivity index (χ1v) is 5.63. The molecule has 0 saturated carbocycles. The normalized spacial score (nSPS) is 11.1. The van der Waals surface area contributed by atoms with Crippen molar-refractivity contribution in [1.29, 1.82) is 0 Å². The highest BCUT2D eigenvalue weighted by Crippen LogP contribution is 2.20. The molecule has 0 aliphatic carbocycles. The Hall–Kier alpha value is -1.30. The highest BCUT2D eigenvalue weighted by molar-refractivity contribution is 7.92. The van der Waals surface area contributed by atoms with Crippen molar-refractivity contribution >= 4 is 15.7 Å². The van der Waals surface area contributed by atoms with Crippen LogP contribution >= 0.6 is 0 Å². The topological polar surface area (TPSA) is 55.4 Å². The molecule has 0 atom stereocenters. The van der Waals surface area contributed by atoms with Gasteiger partial charge >= 0.3 is 0 Å². The molecule has 0 bridgehead atoms. The van der Waals surface area contributed by atoms with Gasteiger partial charge in [0.25, 0.3) is 0 Å². The summed E-state index contributed by atoms with van der Waals surface area (Å²) in [6.07, 6.45) is 0.995. The number of sulfonamides is 1. The highest BCUT2D eigenvalue weighted by Gasteiger charge is 2.06. The van der Waals surface area contributed by atoms with E-state index in [1.54, 1.807) is 0 Å². The second-order valence-corrected chi connectivity index (χ2v) is 4.47. The number of methoxy groups -OCH3 is 1. The molecule has 0 aliphatic rings. The Kier molecular flexibility index (Phi) is 2.95. The van der Waals surface area contributed by atoms with E-state index >= 15 is 0 Å². The van der Waals surface area contributed by atoms with E-state index in [1.165, 1.54) is 19.2 Å². The van der Waals surface area contributed by atoms with Gasteiger partial charge < -0.3 is 4.74 Å². The first kappa shape index (κ1) is 10.8. The van der Waals surface area contributed by atoms with Crippen LogP contribution in [0.1, 0.15) is 0 Å². The lowest BCUT2D eigenvalue weighted by Gasteiger charge is -2.05. The molecule has 0 amide bonds. The van der Waals surface area contributed by atoms with Gasteiger partial charge in [-0.3, -0.25) is 4.72 Å². The lowest BCUT2D eigenvalue weighted by Crippen LogP contribution is -2.09. The van der Waals surface area contributed by atoms with Gasteiger partial charge in [0.1, 0.15) is 0 Å². The number of nitrogens with one attached hydrogen (secondary N) is 1. The van der Waals surface area contributed by atoms with Gasteiger partial charge in [-0.25, -0.2) is 12.8 Å². The summed E-state index contributed by atoms with van der Waals surface area (Å²) in [6.45, 7) is 0. The maximum Gasteiger partial charge on any atom is 0.229 e. The molecule has 0 saturated heterocycles. The fourth-order valence-corrected chi connectivity index (χ4v) is 1.50. The molecule has 6 heteroatoms. The van der Waals surface area contributed by atoms with Crippen LogP contribution in [-0.4, -0.2) is 21.8 Å². The lowest BCUT2D eigenvalue weighted by atomic mass is 10.3. The molecule has 1 N–H and O–H groups in total. The molecule has 0 aromatic heterocycles. The third kappa shape index (κ3) is 2.88. The molecule has 1 aromatic rings. The van der Waals surface area contributed by atoms with Gasteiger partial charge in [0, 0.05) is 6.07 Å². The van der Waals surface area contributed by atoms with E-state index in [0.29, 0.717) is 0 Å². The molecule has 0 fully saturated rings. The van der Waals surface area contributed by atoms with Gasteiger partial charge in [0.2, 0.25) is 10.0 Å². The average molecular weight is 219 g/mol. The third-order valence-electron chi connectivity index (χ3n) is 1.46. The van der Waals surface area contributed by atoms with Crippen LogP contribution in [0.3, 0.4) is 0 Å². The van der Waals surface area contributed by atoms with E-state index in [4.69, 9.17) is 0 Å². The van der Waals surface area contributed by atoms with Crippen molar-refractivity contribution in [3.05, 3.63) is 24.0 Å². The van der Waals surface area contributed by atoms with Crippen LogP contribution in [-0.2, 0) is 10.0 Å². The summed E-state index contributed by atoms with van der Waals surface area (Å²) >= 11 is 0. The van der Waals surface area contributed by atoms with E-state index in [1.807, 2.05) is 0 Å². The number of halogens is 1. The Morgan fingerprint density at radius 1 is 1.43 bits per heavy atom. The molecule has 1 aromatic carbocycles. The van der Waals surface area contributed by atoms with Crippen LogP contribution in [0, 0.1) is 5.82 Å². The van der Waals surface area contributed by atoms with Crippen LogP contribution in [0.25, 0.3) is 0 Å². The maximum absolute atomic E-state index is 13.1. The van der Waals surface area contributed by atoms with Crippen LogP contribution in [0.2, 0.25) is 0 Å². The lowest BCUT2D eigenvalue weighted by molar-refractivity contribution is 0.387. The number of hydrogen-bond acceptors (Lipinski definition) is 3. The first-order chi connectivity index (χ1) is 6.42. The molecule has 0 aliphatic heterocycles. The van der Waals surface area contributed by atoms with E-state index in [-0.39, 0.29) is 11.4 Å². The minimum Gasteiger partial charge on any atom is -0.494 e. The summed E-state index contributed by atoms with van der Waals surface area (Å²) in [4.78, 5) is 0. The van der Waals surface area contributed by atoms with Crippen molar-refractivity contribution in [3.8, 4) is 5.75 Å². The van der Waals surface area contributed by atoms with Crippen molar-refractivity contribution < 1.29 is 17.5 Å². The predicted molar refractivity (Wildman–Crippen MR) is 51.4 cm³/mol. The number of rotatable bonds is 3. The summed E-state index contributed by atoms with van der Waals surface area (Å²) in [5, 5.41) is 0. The quantitative estimate of drug-likeness (QED) is 0.831. The number of anilines is 1. The van der Waals surface area contributed by atoms with Crippen molar-refractivity contribution in [1.82, 2.24) is 0 Å². The Balaban J connectivity index is 2.98. The third-order valence-corrected chi connectivity index (χ3v) is 2.06. The summed E-state index contributed by atoms with van der Waals surface area (Å²) in [5.41, 5.74) is 0.172. The monoisotopic (exact) mass is 219 g/mol. The Bertz CT molecular complexity index is 430. The minimum absolute atomic E-state index is 0.0732. The average Bonchev–Trinajstić information content (AvgIpc) is 2.01. The van der Waals surface area contributed by atoms with Crippen molar-refractivity contribution in [2.24, 2.45) is 0 Å². The van der Waals surface area contributed by atoms with E-state index in [9.17, 15) is 12.8 Å². The Labute approximate surface area is 81.8 Å². The van der Waals surface area contributed by atoms with Gasteiger partial charge in [-0.1, -0.05) is 0 Å². The molecular weight excluding hydrogens is 209 g/mol. The predicted octanol–water partition coefficient (Wildman–Crippen LogP) is 1.21. The van der Waals surface area contributed by atoms with Crippen molar-refractivity contribution in [2.75, 3.05) is 18.1 Å². The SMILES string of the molecule is COc1ccc(NS(C)(=O)=O)cc1F. The van der Waals surface area contributed by atoms with Gasteiger partial charge in [-0.2, -0.15) is 0 Å². The molecule has 78 valence electrons. The molecule has 14 heavy (non-hydrogen) atoms. The standard InChI is InChI=1S/C8H10FNO3S/c1-13-8-4-3-6(5-7(8)9)10-14(2,11)12/h3-5,10H,1-2H3. The zero-order valence-corrected chi connectivity index (χ0v) is 8.56. The summed E-state index contributed by atoms with van der Waals surface area (Å²) in [7, 11) is -2.04. The summed E-state index contributed by atoms with van der Waals surface area (Å²) in [5.74, 6) is -0.537. The van der Waals surface area contributed by atoms with Gasteiger partial charge in [0.15, 0.2) is 11.6 Å². The molecule has 0 unspecified atom stereocenters. The van der Waals surface area contributed by atoms with Crippen molar-refractivity contribution in [3.63, 3.8) is 0 Å². The van der Waals surface area contributed by atoms with E-state index < -0.39 is 15.8 Å². The smallest absolute Gasteiger partial charge is 0.229 e. The maximum atomic E-state index is 13.1. The molecule has 4 nitrogen and oxygen atoms in total. The summed E-state index contributed by atoms with van der Waals surface area (Å²) < 4.78 is 41.5. The van der Waals surface area contributed by atoms with E-state index in [0.717, 1.165) is 12.3 Å². The first-order valence-electron chi connectivity index (χ1n) is 3.74. The zero-order valence-electron chi connectivity index (χ0n) is 7.74. The number of benzene rings is 1. The highest BCUT2D eigenvalue weighted by atomic mass is 32.2. The second kappa shape index (κ2) is 3.83. The fourth-order valence-electron chi connectivity index (χ4n) is 0.944. The number of ether oxygens (including phenoxy) is 1. The largest absolute Gasteiger partial charge is 0.494 e. The molecule has 0 spiro atoms. The van der Waals surface area contributed by atoms with E-state index in [2.05, 4.69) is 9.46 Å². The minimum atomic E-state index is -3.37. The number of hydrogen-bond donors (Lipinski definition) is 1. The summed E-state index contributed by atoms with van der Waals surface area (Å²) in [6, 6.07) is 3.83. The van der Waals surface area contributed by atoms with Gasteiger partial charge in [0.05, 0.1) is 19.1 Å². The second-order valence-electron chi connectivity index (χ2n) is 2.72. The fraction of sp³-hybridized carbons (Fsp3) is 0.250. The van der Waals surface area contributed by atoms with Gasteiger partial charge in [-0.15, -0.1) is 0 Å². The Morgan fingerprint density at radius 2 is 2.07 bits per heavy atom. The van der Waals surface area contributed by atoms with Crippen LogP contribution in [0.15, 0.2) is 18.2 Å². The van der Waals surface area contributed by atoms with Crippen molar-refractivity contribution in [2.45, 2.75) is 0 Å². The molecule has 0 heterocycles. The molecule has 0 radical (unpaired) electrons. The van der Waals surface area contributed by atoms with Crippen LogP contribution < -0.4 is 9.46 Å². The Morgan fingerprint density at radius 3 is 2.50 bits per heavy atom. The molecular formula is C8H10FNO3S. The molecule has 1 rings (SSSR count). The zero-order chi connectivity index (χ0) is 10.8. The van der Waals surface area contributed by atoms with Gasteiger partial charge in [-0.05, 0) is 12.1 Å².